The van der Waals surface area contributed by atoms with Crippen molar-refractivity contribution in [1.29, 1.82) is 0 Å². The van der Waals surface area contributed by atoms with E-state index in [-0.39, 0.29) is 24.3 Å². The van der Waals surface area contributed by atoms with Gasteiger partial charge in [0.1, 0.15) is 5.69 Å². The number of amides is 2. The van der Waals surface area contributed by atoms with Gasteiger partial charge in [-0.2, -0.15) is 0 Å². The lowest BCUT2D eigenvalue weighted by Crippen LogP contribution is -2.31. The molecule has 1 aromatic heterocycles. The second kappa shape index (κ2) is 5.88. The maximum atomic E-state index is 12.9. The number of hydrogen-bond donors (Lipinski definition) is 1. The van der Waals surface area contributed by atoms with Crippen molar-refractivity contribution in [2.45, 2.75) is 19.8 Å². The molecule has 2 aromatic rings. The maximum absolute atomic E-state index is 12.9. The molecular weight excluding hydrogens is 320 g/mol. The monoisotopic (exact) mass is 338 g/mol. The summed E-state index contributed by atoms with van der Waals surface area (Å²) in [6.45, 7) is 2.04. The molecule has 0 spiro atoms. The highest BCUT2D eigenvalue weighted by Gasteiger charge is 2.50. The molecule has 1 saturated heterocycles. The minimum Gasteiger partial charge on any atom is -0.461 e. The number of aromatic nitrogens is 1. The molecule has 2 heterocycles. The summed E-state index contributed by atoms with van der Waals surface area (Å²) in [5, 5.41) is 0. The summed E-state index contributed by atoms with van der Waals surface area (Å²) in [4.78, 5) is 42.0. The third-order valence-electron chi connectivity index (χ3n) is 5.00. The Kier molecular flexibility index (Phi) is 3.67. The van der Waals surface area contributed by atoms with E-state index in [4.69, 9.17) is 4.74 Å². The lowest BCUT2D eigenvalue weighted by molar-refractivity contribution is -0.122. The Hall–Kier alpha value is -2.89. The number of H-pyrrole nitrogens is 1. The molecule has 1 N–H and O–H groups in total. The fraction of sp³-hybridized carbons (Fsp3) is 0.316. The normalized spacial score (nSPS) is 21.9. The Morgan fingerprint density at radius 1 is 1.16 bits per heavy atom. The van der Waals surface area contributed by atoms with Crippen LogP contribution in [-0.2, 0) is 27.2 Å². The highest BCUT2D eigenvalue weighted by Crippen LogP contribution is 2.40. The lowest BCUT2D eigenvalue weighted by atomic mass is 9.78. The molecular formula is C19H18N2O4. The molecule has 0 unspecified atom stereocenters. The van der Waals surface area contributed by atoms with E-state index in [1.165, 1.54) is 4.90 Å². The van der Waals surface area contributed by atoms with Gasteiger partial charge < -0.3 is 9.72 Å². The summed E-state index contributed by atoms with van der Waals surface area (Å²) in [5.41, 5.74) is 2.72. The highest BCUT2D eigenvalue weighted by molar-refractivity contribution is 6.22. The number of fused-ring (bicyclic) bond motifs is 2. The first-order valence-corrected chi connectivity index (χ1v) is 8.41. The number of nitrogens with zero attached hydrogens (tertiary/aromatic N) is 1. The zero-order valence-electron chi connectivity index (χ0n) is 13.8. The van der Waals surface area contributed by atoms with Crippen LogP contribution in [0.3, 0.4) is 0 Å². The van der Waals surface area contributed by atoms with Crippen LogP contribution in [0.15, 0.2) is 36.5 Å². The number of ether oxygens (including phenoxy) is 1. The van der Waals surface area contributed by atoms with Crippen molar-refractivity contribution in [3.05, 3.63) is 53.3 Å². The first-order chi connectivity index (χ1) is 12.1. The van der Waals surface area contributed by atoms with Gasteiger partial charge in [-0.15, -0.1) is 0 Å². The molecule has 4 rings (SSSR count). The molecule has 0 bridgehead atoms. The van der Waals surface area contributed by atoms with Gasteiger partial charge in [0.2, 0.25) is 11.8 Å². The lowest BCUT2D eigenvalue weighted by Gasteiger charge is -2.21. The maximum Gasteiger partial charge on any atom is 0.355 e. The smallest absolute Gasteiger partial charge is 0.355 e. The Morgan fingerprint density at radius 2 is 1.84 bits per heavy atom. The average molecular weight is 338 g/mol. The number of anilines is 1. The van der Waals surface area contributed by atoms with Gasteiger partial charge >= 0.3 is 5.97 Å². The van der Waals surface area contributed by atoms with Gasteiger partial charge in [-0.3, -0.25) is 14.5 Å². The fourth-order valence-electron chi connectivity index (χ4n) is 3.83. The molecule has 0 saturated carbocycles. The summed E-state index contributed by atoms with van der Waals surface area (Å²) < 4.78 is 5.07. The van der Waals surface area contributed by atoms with Crippen LogP contribution >= 0.6 is 0 Å². The molecule has 25 heavy (non-hydrogen) atoms. The van der Waals surface area contributed by atoms with E-state index in [0.29, 0.717) is 24.2 Å². The number of esters is 1. The van der Waals surface area contributed by atoms with Crippen molar-refractivity contribution in [2.75, 3.05) is 11.5 Å². The predicted molar refractivity (Wildman–Crippen MR) is 90.1 cm³/mol. The number of imide groups is 1. The molecule has 128 valence electrons. The van der Waals surface area contributed by atoms with Gasteiger partial charge in [0.15, 0.2) is 0 Å². The van der Waals surface area contributed by atoms with Gasteiger partial charge in [0.25, 0.3) is 0 Å². The van der Waals surface area contributed by atoms with Crippen molar-refractivity contribution in [3.8, 4) is 0 Å². The Balaban J connectivity index is 1.66. The number of rotatable bonds is 3. The second-order valence-electron chi connectivity index (χ2n) is 6.36. The summed E-state index contributed by atoms with van der Waals surface area (Å²) in [6.07, 6.45) is 2.59. The van der Waals surface area contributed by atoms with Crippen molar-refractivity contribution >= 4 is 23.5 Å². The van der Waals surface area contributed by atoms with E-state index in [2.05, 4.69) is 4.98 Å². The van der Waals surface area contributed by atoms with Crippen LogP contribution in [0.2, 0.25) is 0 Å². The number of carbonyl (C=O) groups is 3. The molecule has 1 aliphatic carbocycles. The summed E-state index contributed by atoms with van der Waals surface area (Å²) >= 11 is 0. The first-order valence-electron chi connectivity index (χ1n) is 8.41. The van der Waals surface area contributed by atoms with Crippen molar-refractivity contribution in [3.63, 3.8) is 0 Å². The van der Waals surface area contributed by atoms with Gasteiger partial charge in [0, 0.05) is 6.20 Å². The number of carbonyl (C=O) groups excluding carboxylic acids is 3. The van der Waals surface area contributed by atoms with E-state index < -0.39 is 11.9 Å². The predicted octanol–water partition coefficient (Wildman–Crippen LogP) is 2.10. The van der Waals surface area contributed by atoms with Crippen molar-refractivity contribution in [2.24, 2.45) is 11.8 Å². The quantitative estimate of drug-likeness (QED) is 0.686. The summed E-state index contributed by atoms with van der Waals surface area (Å²) in [6, 6.07) is 8.98. The Labute approximate surface area is 144 Å². The van der Waals surface area contributed by atoms with E-state index >= 15 is 0 Å². The van der Waals surface area contributed by atoms with Gasteiger partial charge in [-0.05, 0) is 43.0 Å². The van der Waals surface area contributed by atoms with Crippen LogP contribution in [0.5, 0.6) is 0 Å². The van der Waals surface area contributed by atoms with E-state index in [1.807, 2.05) is 6.07 Å². The minimum atomic E-state index is -0.427. The van der Waals surface area contributed by atoms with Crippen LogP contribution in [0, 0.1) is 11.8 Å². The molecule has 0 radical (unpaired) electrons. The van der Waals surface area contributed by atoms with Crippen LogP contribution < -0.4 is 4.90 Å². The van der Waals surface area contributed by atoms with E-state index in [0.717, 1.165) is 11.1 Å². The Bertz CT molecular complexity index is 856. The standard InChI is InChI=1S/C19H18N2O4/c1-2-25-19(24)16-13-9-15-14(8-11(13)10-20-16)17(22)21(18(15)23)12-6-4-3-5-7-12/h3-7,10,14-15,20H,2,8-9H2,1H3/t14-,15+/m1/s1. The fourth-order valence-corrected chi connectivity index (χ4v) is 3.83. The van der Waals surface area contributed by atoms with E-state index in [1.54, 1.807) is 37.4 Å². The topological polar surface area (TPSA) is 79.5 Å². The van der Waals surface area contributed by atoms with Gasteiger partial charge in [-0.1, -0.05) is 18.2 Å². The van der Waals surface area contributed by atoms with Gasteiger partial charge in [-0.25, -0.2) is 4.79 Å². The number of nitrogens with one attached hydrogen (secondary N) is 1. The first kappa shape index (κ1) is 15.6. The molecule has 2 amide bonds. The molecule has 2 atom stereocenters. The number of benzene rings is 1. The van der Waals surface area contributed by atoms with E-state index in [9.17, 15) is 14.4 Å². The zero-order chi connectivity index (χ0) is 17.6. The highest BCUT2D eigenvalue weighted by atomic mass is 16.5. The molecule has 6 nitrogen and oxygen atoms in total. The molecule has 1 aliphatic heterocycles. The third-order valence-corrected chi connectivity index (χ3v) is 5.00. The number of hydrogen-bond acceptors (Lipinski definition) is 4. The number of aromatic amines is 1. The molecule has 1 fully saturated rings. The van der Waals surface area contributed by atoms with Crippen LogP contribution in [-0.4, -0.2) is 29.4 Å². The molecule has 2 aliphatic rings. The SMILES string of the molecule is CCOC(=O)c1[nH]cc2c1C[C@@H]1C(=O)N(c3ccccc3)C(=O)[C@@H]1C2. The number of para-hydroxylation sites is 1. The minimum absolute atomic E-state index is 0.161. The summed E-state index contributed by atoms with van der Waals surface area (Å²) in [7, 11) is 0. The van der Waals surface area contributed by atoms with Crippen LogP contribution in [0.1, 0.15) is 28.5 Å². The summed E-state index contributed by atoms with van der Waals surface area (Å²) in [5.74, 6) is -1.57. The largest absolute Gasteiger partial charge is 0.461 e. The molecule has 6 heteroatoms. The van der Waals surface area contributed by atoms with Crippen LogP contribution in [0.25, 0.3) is 0 Å². The zero-order valence-corrected chi connectivity index (χ0v) is 13.8. The van der Waals surface area contributed by atoms with Crippen molar-refractivity contribution < 1.29 is 19.1 Å². The molecule has 1 aromatic carbocycles. The third kappa shape index (κ3) is 2.36. The van der Waals surface area contributed by atoms with Gasteiger partial charge in [0.05, 0.1) is 24.1 Å². The average Bonchev–Trinajstić information content (AvgIpc) is 3.14. The van der Waals surface area contributed by atoms with Crippen LogP contribution in [0.4, 0.5) is 5.69 Å². The second-order valence-corrected chi connectivity index (χ2v) is 6.36. The Morgan fingerprint density at radius 3 is 2.52 bits per heavy atom. The van der Waals surface area contributed by atoms with Crippen molar-refractivity contribution in [1.82, 2.24) is 4.98 Å².